The second kappa shape index (κ2) is 8.68. The van der Waals surface area contributed by atoms with E-state index in [-0.39, 0.29) is 17.2 Å². The second-order valence-corrected chi connectivity index (χ2v) is 6.49. The summed E-state index contributed by atoms with van der Waals surface area (Å²) in [6.07, 6.45) is 0.893. The molecule has 3 rings (SSSR count). The number of rotatable bonds is 8. The fraction of sp³-hybridized carbons (Fsp3) is 0.273. The Labute approximate surface area is 169 Å². The molecule has 152 valence electrons. The minimum atomic E-state index is -0.403. The van der Waals surface area contributed by atoms with Crippen LogP contribution in [0.3, 0.4) is 0 Å². The van der Waals surface area contributed by atoms with Crippen molar-refractivity contribution in [3.8, 4) is 17.2 Å². The van der Waals surface area contributed by atoms with Crippen LogP contribution < -0.4 is 19.5 Å². The van der Waals surface area contributed by atoms with Crippen LogP contribution in [0.1, 0.15) is 18.9 Å². The number of hydrogen-bond donors (Lipinski definition) is 1. The molecule has 0 saturated carbocycles. The molecule has 0 unspecified atom stereocenters. The Kier molecular flexibility index (Phi) is 6.07. The van der Waals surface area contributed by atoms with Crippen molar-refractivity contribution in [2.45, 2.75) is 13.3 Å². The third kappa shape index (κ3) is 4.03. The minimum absolute atomic E-state index is 0.206. The molecular weight excluding hydrogens is 372 g/mol. The van der Waals surface area contributed by atoms with Crippen molar-refractivity contribution in [3.05, 3.63) is 53.7 Å². The number of anilines is 1. The van der Waals surface area contributed by atoms with Crippen LogP contribution in [0.15, 0.2) is 48.2 Å². The first kappa shape index (κ1) is 20.3. The first-order chi connectivity index (χ1) is 14.0. The van der Waals surface area contributed by atoms with E-state index >= 15 is 0 Å². The lowest BCUT2D eigenvalue weighted by atomic mass is 10.0. The number of nitrogens with zero attached hydrogens (tertiary/aromatic N) is 1. The SMILES string of the molecule is CCCOc1cccc(NC2=C(c3ccc(OC)c(OC)c3)C(=O)N(C)C2=O)c1. The lowest BCUT2D eigenvalue weighted by Crippen LogP contribution is -2.27. The molecule has 0 fully saturated rings. The lowest BCUT2D eigenvalue weighted by molar-refractivity contribution is -0.135. The monoisotopic (exact) mass is 396 g/mol. The van der Waals surface area contributed by atoms with Crippen LogP contribution in [-0.2, 0) is 9.59 Å². The number of carbonyl (C=O) groups is 2. The van der Waals surface area contributed by atoms with E-state index in [1.807, 2.05) is 25.1 Å². The van der Waals surface area contributed by atoms with Crippen LogP contribution in [-0.4, -0.2) is 44.6 Å². The Hall–Kier alpha value is -3.48. The fourth-order valence-electron chi connectivity index (χ4n) is 3.04. The van der Waals surface area contributed by atoms with E-state index in [0.717, 1.165) is 11.3 Å². The van der Waals surface area contributed by atoms with Crippen molar-refractivity contribution in [2.75, 3.05) is 33.2 Å². The number of benzene rings is 2. The predicted octanol–water partition coefficient (Wildman–Crippen LogP) is 3.31. The predicted molar refractivity (Wildman–Crippen MR) is 110 cm³/mol. The third-order valence-corrected chi connectivity index (χ3v) is 4.54. The lowest BCUT2D eigenvalue weighted by Gasteiger charge is -2.12. The average Bonchev–Trinajstić information content (AvgIpc) is 2.95. The van der Waals surface area contributed by atoms with Gasteiger partial charge in [0.1, 0.15) is 11.4 Å². The maximum Gasteiger partial charge on any atom is 0.277 e. The van der Waals surface area contributed by atoms with Crippen molar-refractivity contribution in [3.63, 3.8) is 0 Å². The average molecular weight is 396 g/mol. The molecule has 0 aliphatic carbocycles. The highest BCUT2D eigenvalue weighted by Gasteiger charge is 2.37. The van der Waals surface area contributed by atoms with E-state index in [2.05, 4.69) is 5.32 Å². The van der Waals surface area contributed by atoms with Gasteiger partial charge in [-0.1, -0.05) is 19.1 Å². The molecule has 7 heteroatoms. The van der Waals surface area contributed by atoms with Gasteiger partial charge in [-0.15, -0.1) is 0 Å². The van der Waals surface area contributed by atoms with Gasteiger partial charge in [-0.25, -0.2) is 0 Å². The number of methoxy groups -OCH3 is 2. The molecule has 0 bridgehead atoms. The highest BCUT2D eigenvalue weighted by molar-refractivity contribution is 6.36. The molecule has 2 amide bonds. The molecule has 0 aromatic heterocycles. The summed E-state index contributed by atoms with van der Waals surface area (Å²) in [5, 5.41) is 3.10. The normalized spacial score (nSPS) is 13.7. The third-order valence-electron chi connectivity index (χ3n) is 4.54. The van der Waals surface area contributed by atoms with Gasteiger partial charge in [0.25, 0.3) is 11.8 Å². The van der Waals surface area contributed by atoms with Gasteiger partial charge in [-0.3, -0.25) is 14.5 Å². The van der Waals surface area contributed by atoms with E-state index in [1.54, 1.807) is 24.3 Å². The molecular formula is C22H24N2O5. The second-order valence-electron chi connectivity index (χ2n) is 6.49. The first-order valence-electron chi connectivity index (χ1n) is 9.29. The summed E-state index contributed by atoms with van der Waals surface area (Å²) in [5.74, 6) is 0.914. The van der Waals surface area contributed by atoms with Crippen LogP contribution in [0.5, 0.6) is 17.2 Å². The molecule has 2 aromatic carbocycles. The number of carbonyl (C=O) groups excluding carboxylic acids is 2. The van der Waals surface area contributed by atoms with Gasteiger partial charge in [0.15, 0.2) is 11.5 Å². The number of ether oxygens (including phenoxy) is 3. The molecule has 0 spiro atoms. The van der Waals surface area contributed by atoms with E-state index in [4.69, 9.17) is 14.2 Å². The summed E-state index contributed by atoms with van der Waals surface area (Å²) < 4.78 is 16.2. The maximum absolute atomic E-state index is 12.8. The number of likely N-dealkylation sites (N-methyl/N-ethyl adjacent to an activating group) is 1. The van der Waals surface area contributed by atoms with E-state index in [0.29, 0.717) is 35.1 Å². The Balaban J connectivity index is 2.02. The van der Waals surface area contributed by atoms with Gasteiger partial charge in [-0.2, -0.15) is 0 Å². The van der Waals surface area contributed by atoms with Gasteiger partial charge < -0.3 is 19.5 Å². The zero-order valence-electron chi connectivity index (χ0n) is 16.9. The largest absolute Gasteiger partial charge is 0.494 e. The molecule has 2 aromatic rings. The van der Waals surface area contributed by atoms with Crippen LogP contribution in [0, 0.1) is 0 Å². The highest BCUT2D eigenvalue weighted by atomic mass is 16.5. The standard InChI is InChI=1S/C22H24N2O5/c1-5-11-29-16-8-6-7-15(13-16)23-20-19(21(25)24(2)22(20)26)14-9-10-17(27-3)18(12-14)28-4/h6-10,12-13,23H,5,11H2,1-4H3. The van der Waals surface area contributed by atoms with Crippen LogP contribution in [0.4, 0.5) is 5.69 Å². The van der Waals surface area contributed by atoms with Crippen molar-refractivity contribution in [1.82, 2.24) is 4.90 Å². The van der Waals surface area contributed by atoms with Gasteiger partial charge >= 0.3 is 0 Å². The van der Waals surface area contributed by atoms with Crippen molar-refractivity contribution in [2.24, 2.45) is 0 Å². The molecule has 29 heavy (non-hydrogen) atoms. The first-order valence-corrected chi connectivity index (χ1v) is 9.29. The Bertz CT molecular complexity index is 967. The van der Waals surface area contributed by atoms with Crippen molar-refractivity contribution in [1.29, 1.82) is 0 Å². The Morgan fingerprint density at radius 2 is 1.72 bits per heavy atom. The van der Waals surface area contributed by atoms with Gasteiger partial charge in [0.2, 0.25) is 0 Å². The zero-order valence-corrected chi connectivity index (χ0v) is 16.9. The number of imide groups is 1. The Morgan fingerprint density at radius 1 is 0.966 bits per heavy atom. The van der Waals surface area contributed by atoms with Crippen LogP contribution in [0.25, 0.3) is 5.57 Å². The summed E-state index contributed by atoms with van der Waals surface area (Å²) >= 11 is 0. The zero-order chi connectivity index (χ0) is 21.0. The van der Waals surface area contributed by atoms with Gasteiger partial charge in [0, 0.05) is 18.8 Å². The molecule has 0 saturated heterocycles. The summed E-state index contributed by atoms with van der Waals surface area (Å²) in [5.41, 5.74) is 1.70. The molecule has 1 aliphatic rings. The van der Waals surface area contributed by atoms with E-state index in [1.165, 1.54) is 21.3 Å². The summed E-state index contributed by atoms with van der Waals surface area (Å²) in [7, 11) is 4.51. The van der Waals surface area contributed by atoms with Crippen LogP contribution >= 0.6 is 0 Å². The molecule has 1 heterocycles. The van der Waals surface area contributed by atoms with Gasteiger partial charge in [0.05, 0.1) is 26.4 Å². The Morgan fingerprint density at radius 3 is 2.41 bits per heavy atom. The molecule has 0 atom stereocenters. The topological polar surface area (TPSA) is 77.1 Å². The van der Waals surface area contributed by atoms with E-state index in [9.17, 15) is 9.59 Å². The number of amides is 2. The highest BCUT2D eigenvalue weighted by Crippen LogP contribution is 2.35. The maximum atomic E-state index is 12.8. The molecule has 1 aliphatic heterocycles. The molecule has 0 radical (unpaired) electrons. The fourth-order valence-corrected chi connectivity index (χ4v) is 3.04. The number of nitrogens with one attached hydrogen (secondary N) is 1. The smallest absolute Gasteiger partial charge is 0.277 e. The summed E-state index contributed by atoms with van der Waals surface area (Å²) in [6, 6.07) is 12.4. The van der Waals surface area contributed by atoms with E-state index < -0.39 is 5.91 Å². The van der Waals surface area contributed by atoms with Crippen molar-refractivity contribution >= 4 is 23.1 Å². The summed E-state index contributed by atoms with van der Waals surface area (Å²) in [6.45, 7) is 2.63. The van der Waals surface area contributed by atoms with Crippen molar-refractivity contribution < 1.29 is 23.8 Å². The quantitative estimate of drug-likeness (QED) is 0.690. The summed E-state index contributed by atoms with van der Waals surface area (Å²) in [4.78, 5) is 26.6. The minimum Gasteiger partial charge on any atom is -0.494 e. The number of hydrogen-bond acceptors (Lipinski definition) is 6. The van der Waals surface area contributed by atoms with Crippen LogP contribution in [0.2, 0.25) is 0 Å². The molecule has 1 N–H and O–H groups in total. The molecule has 7 nitrogen and oxygen atoms in total. The van der Waals surface area contributed by atoms with Gasteiger partial charge in [-0.05, 0) is 36.2 Å².